The second-order valence-corrected chi connectivity index (χ2v) is 4.90. The van der Waals surface area contributed by atoms with Crippen molar-refractivity contribution in [3.8, 4) is 0 Å². The SMILES string of the molecule is O=CN1CCC[C@@H]1c1ccc(NC2CC2)nc1. The summed E-state index contributed by atoms with van der Waals surface area (Å²) in [5.74, 6) is 0.951. The van der Waals surface area contributed by atoms with Crippen LogP contribution in [0, 0.1) is 0 Å². The summed E-state index contributed by atoms with van der Waals surface area (Å²) in [7, 11) is 0. The third-order valence-electron chi connectivity index (χ3n) is 3.53. The first-order valence-electron chi connectivity index (χ1n) is 6.30. The fourth-order valence-electron chi connectivity index (χ4n) is 2.40. The van der Waals surface area contributed by atoms with E-state index in [0.29, 0.717) is 6.04 Å². The van der Waals surface area contributed by atoms with Gasteiger partial charge in [0.15, 0.2) is 0 Å². The molecular formula is C13H17N3O. The maximum atomic E-state index is 10.9. The molecule has 0 unspecified atom stereocenters. The number of anilines is 1. The summed E-state index contributed by atoms with van der Waals surface area (Å²) in [6.07, 6.45) is 7.50. The Morgan fingerprint density at radius 3 is 2.88 bits per heavy atom. The van der Waals surface area contributed by atoms with E-state index >= 15 is 0 Å². The van der Waals surface area contributed by atoms with Crippen LogP contribution in [0.1, 0.15) is 37.3 Å². The van der Waals surface area contributed by atoms with Crippen LogP contribution in [0.3, 0.4) is 0 Å². The van der Waals surface area contributed by atoms with Crippen LogP contribution in [0.25, 0.3) is 0 Å². The number of pyridine rings is 1. The Morgan fingerprint density at radius 2 is 2.24 bits per heavy atom. The van der Waals surface area contributed by atoms with Gasteiger partial charge in [0.1, 0.15) is 5.82 Å². The van der Waals surface area contributed by atoms with E-state index in [1.165, 1.54) is 12.8 Å². The third-order valence-corrected chi connectivity index (χ3v) is 3.53. The van der Waals surface area contributed by atoms with Gasteiger partial charge in [-0.1, -0.05) is 6.07 Å². The molecule has 2 fully saturated rings. The molecule has 90 valence electrons. The molecule has 4 heteroatoms. The minimum Gasteiger partial charge on any atom is -0.367 e. The van der Waals surface area contributed by atoms with Gasteiger partial charge in [-0.05, 0) is 37.3 Å². The summed E-state index contributed by atoms with van der Waals surface area (Å²) in [6.45, 7) is 0.871. The average molecular weight is 231 g/mol. The van der Waals surface area contributed by atoms with E-state index in [2.05, 4.69) is 16.4 Å². The van der Waals surface area contributed by atoms with Crippen molar-refractivity contribution in [1.82, 2.24) is 9.88 Å². The van der Waals surface area contributed by atoms with E-state index in [9.17, 15) is 4.79 Å². The molecule has 1 aromatic heterocycles. The Kier molecular flexibility index (Phi) is 2.71. The van der Waals surface area contributed by atoms with E-state index < -0.39 is 0 Å². The number of carbonyl (C=O) groups is 1. The highest BCUT2D eigenvalue weighted by Gasteiger charge is 2.25. The molecular weight excluding hydrogens is 214 g/mol. The van der Waals surface area contributed by atoms with Gasteiger partial charge in [0, 0.05) is 18.8 Å². The summed E-state index contributed by atoms with van der Waals surface area (Å²) in [5.41, 5.74) is 1.15. The number of carbonyl (C=O) groups excluding carboxylic acids is 1. The van der Waals surface area contributed by atoms with E-state index in [-0.39, 0.29) is 6.04 Å². The number of rotatable bonds is 4. The summed E-state index contributed by atoms with van der Waals surface area (Å²) in [4.78, 5) is 17.2. The van der Waals surface area contributed by atoms with Crippen molar-refractivity contribution >= 4 is 12.2 Å². The molecule has 0 radical (unpaired) electrons. The van der Waals surface area contributed by atoms with Crippen molar-refractivity contribution < 1.29 is 4.79 Å². The second kappa shape index (κ2) is 4.35. The maximum Gasteiger partial charge on any atom is 0.210 e. The van der Waals surface area contributed by atoms with Crippen molar-refractivity contribution in [3.63, 3.8) is 0 Å². The van der Waals surface area contributed by atoms with Crippen LogP contribution in [0.15, 0.2) is 18.3 Å². The Hall–Kier alpha value is -1.58. The van der Waals surface area contributed by atoms with Gasteiger partial charge in [0.05, 0.1) is 6.04 Å². The van der Waals surface area contributed by atoms with E-state index in [1.54, 1.807) is 0 Å². The lowest BCUT2D eigenvalue weighted by atomic mass is 10.1. The standard InChI is InChI=1S/C13H17N3O/c17-9-16-7-1-2-12(16)10-3-6-13(14-8-10)15-11-4-5-11/h3,6,8-9,11-12H,1-2,4-5,7H2,(H,14,15)/t12-/m1/s1. The van der Waals surface area contributed by atoms with Crippen LogP contribution >= 0.6 is 0 Å². The second-order valence-electron chi connectivity index (χ2n) is 4.90. The molecule has 0 bridgehead atoms. The molecule has 1 amide bonds. The number of likely N-dealkylation sites (tertiary alicyclic amines) is 1. The molecule has 3 rings (SSSR count). The van der Waals surface area contributed by atoms with Gasteiger partial charge in [-0.3, -0.25) is 4.79 Å². The molecule has 1 aliphatic carbocycles. The van der Waals surface area contributed by atoms with Crippen molar-refractivity contribution in [2.75, 3.05) is 11.9 Å². The summed E-state index contributed by atoms with van der Waals surface area (Å²) in [5, 5.41) is 3.36. The molecule has 17 heavy (non-hydrogen) atoms. The Labute approximate surface area is 101 Å². The predicted octanol–water partition coefficient (Wildman–Crippen LogP) is 1.95. The highest BCUT2D eigenvalue weighted by molar-refractivity contribution is 5.50. The zero-order chi connectivity index (χ0) is 11.7. The zero-order valence-corrected chi connectivity index (χ0v) is 9.80. The van der Waals surface area contributed by atoms with Gasteiger partial charge in [-0.25, -0.2) is 4.98 Å². The largest absolute Gasteiger partial charge is 0.367 e. The number of nitrogens with zero attached hydrogens (tertiary/aromatic N) is 2. The summed E-state index contributed by atoms with van der Waals surface area (Å²) in [6, 6.07) is 4.97. The number of hydrogen-bond acceptors (Lipinski definition) is 3. The lowest BCUT2D eigenvalue weighted by Crippen LogP contribution is -2.21. The number of nitrogens with one attached hydrogen (secondary N) is 1. The van der Waals surface area contributed by atoms with Crippen LogP contribution < -0.4 is 5.32 Å². The van der Waals surface area contributed by atoms with Crippen LogP contribution in [-0.4, -0.2) is 28.9 Å². The quantitative estimate of drug-likeness (QED) is 0.806. The fraction of sp³-hybridized carbons (Fsp3) is 0.538. The molecule has 1 saturated carbocycles. The first kappa shape index (κ1) is 10.6. The van der Waals surface area contributed by atoms with Gasteiger partial charge >= 0.3 is 0 Å². The van der Waals surface area contributed by atoms with Crippen molar-refractivity contribution in [2.45, 2.75) is 37.8 Å². The zero-order valence-electron chi connectivity index (χ0n) is 9.80. The Balaban J connectivity index is 1.71. The van der Waals surface area contributed by atoms with Gasteiger partial charge in [0.25, 0.3) is 0 Å². The molecule has 0 spiro atoms. The highest BCUT2D eigenvalue weighted by Crippen LogP contribution is 2.31. The summed E-state index contributed by atoms with van der Waals surface area (Å²) < 4.78 is 0. The molecule has 1 aliphatic heterocycles. The molecule has 4 nitrogen and oxygen atoms in total. The van der Waals surface area contributed by atoms with E-state index in [4.69, 9.17) is 0 Å². The van der Waals surface area contributed by atoms with Crippen LogP contribution in [0.4, 0.5) is 5.82 Å². The first-order chi connectivity index (χ1) is 8.36. The smallest absolute Gasteiger partial charge is 0.210 e. The van der Waals surface area contributed by atoms with E-state index in [0.717, 1.165) is 37.2 Å². The Bertz CT molecular complexity index is 400. The molecule has 1 N–H and O–H groups in total. The fourth-order valence-corrected chi connectivity index (χ4v) is 2.40. The molecule has 2 heterocycles. The van der Waals surface area contributed by atoms with Crippen molar-refractivity contribution in [3.05, 3.63) is 23.9 Å². The number of hydrogen-bond donors (Lipinski definition) is 1. The van der Waals surface area contributed by atoms with Crippen LogP contribution in [-0.2, 0) is 4.79 Å². The molecule has 1 saturated heterocycles. The Morgan fingerprint density at radius 1 is 1.35 bits per heavy atom. The lowest BCUT2D eigenvalue weighted by Gasteiger charge is -2.20. The molecule has 1 atom stereocenters. The van der Waals surface area contributed by atoms with Gasteiger partial charge in [-0.2, -0.15) is 0 Å². The monoisotopic (exact) mass is 231 g/mol. The average Bonchev–Trinajstić information content (AvgIpc) is 3.05. The minimum absolute atomic E-state index is 0.231. The van der Waals surface area contributed by atoms with Crippen LogP contribution in [0.5, 0.6) is 0 Å². The summed E-state index contributed by atoms with van der Waals surface area (Å²) >= 11 is 0. The minimum atomic E-state index is 0.231. The molecule has 0 aromatic carbocycles. The lowest BCUT2D eigenvalue weighted by molar-refractivity contribution is -0.118. The van der Waals surface area contributed by atoms with Crippen LogP contribution in [0.2, 0.25) is 0 Å². The topological polar surface area (TPSA) is 45.2 Å². The van der Waals surface area contributed by atoms with Crippen molar-refractivity contribution in [1.29, 1.82) is 0 Å². The van der Waals surface area contributed by atoms with Gasteiger partial charge in [0.2, 0.25) is 6.41 Å². The molecule has 2 aliphatic rings. The third kappa shape index (κ3) is 2.25. The van der Waals surface area contributed by atoms with Crippen molar-refractivity contribution in [2.24, 2.45) is 0 Å². The number of aromatic nitrogens is 1. The first-order valence-corrected chi connectivity index (χ1v) is 6.30. The normalized spacial score (nSPS) is 23.8. The highest BCUT2D eigenvalue weighted by atomic mass is 16.1. The van der Waals surface area contributed by atoms with Gasteiger partial charge in [-0.15, -0.1) is 0 Å². The van der Waals surface area contributed by atoms with E-state index in [1.807, 2.05) is 17.2 Å². The number of amides is 1. The predicted molar refractivity (Wildman–Crippen MR) is 65.6 cm³/mol. The molecule has 1 aromatic rings. The maximum absolute atomic E-state index is 10.9. The van der Waals surface area contributed by atoms with Gasteiger partial charge < -0.3 is 10.2 Å².